The Bertz CT molecular complexity index is 944. The number of nitrogens with one attached hydrogen (secondary N) is 1. The number of aliphatic carboxylic acids is 1. The van der Waals surface area contributed by atoms with Crippen LogP contribution in [0.15, 0.2) is 42.5 Å². The van der Waals surface area contributed by atoms with Gasteiger partial charge < -0.3 is 20.7 Å². The van der Waals surface area contributed by atoms with Crippen LogP contribution in [-0.4, -0.2) is 36.7 Å². The number of nitrogens with two attached hydrogens (primary N) is 1. The van der Waals surface area contributed by atoms with Crippen molar-refractivity contribution in [3.8, 4) is 11.3 Å². The zero-order valence-electron chi connectivity index (χ0n) is 16.0. The molecule has 0 bridgehead atoms. The van der Waals surface area contributed by atoms with Gasteiger partial charge in [-0.15, -0.1) is 0 Å². The third-order valence-corrected chi connectivity index (χ3v) is 4.86. The van der Waals surface area contributed by atoms with Gasteiger partial charge in [0.1, 0.15) is 0 Å². The zero-order valence-corrected chi connectivity index (χ0v) is 16.0. The normalized spacial score (nSPS) is 11.1. The largest absolute Gasteiger partial charge is 0.481 e. The zero-order chi connectivity index (χ0) is 19.4. The van der Waals surface area contributed by atoms with Crippen LogP contribution >= 0.6 is 0 Å². The number of anilines is 1. The SMILES string of the molecule is CN(C)c1cccc(-c2[nH]c3ccc(CC(=O)O)cc3c2CCCCN)c1. The van der Waals surface area contributed by atoms with Crippen molar-refractivity contribution in [2.45, 2.75) is 25.7 Å². The van der Waals surface area contributed by atoms with Gasteiger partial charge in [-0.25, -0.2) is 0 Å². The molecule has 0 aliphatic carbocycles. The van der Waals surface area contributed by atoms with Gasteiger partial charge in [0.25, 0.3) is 0 Å². The quantitative estimate of drug-likeness (QED) is 0.530. The molecule has 5 nitrogen and oxygen atoms in total. The van der Waals surface area contributed by atoms with Crippen molar-refractivity contribution in [3.05, 3.63) is 53.6 Å². The molecular weight excluding hydrogens is 338 g/mol. The lowest BCUT2D eigenvalue weighted by Gasteiger charge is -2.14. The summed E-state index contributed by atoms with van der Waals surface area (Å²) in [5.41, 5.74) is 12.2. The number of aromatic nitrogens is 1. The average molecular weight is 365 g/mol. The van der Waals surface area contributed by atoms with Crippen molar-refractivity contribution in [1.29, 1.82) is 0 Å². The first-order valence-corrected chi connectivity index (χ1v) is 9.32. The number of unbranched alkanes of at least 4 members (excludes halogenated alkanes) is 1. The summed E-state index contributed by atoms with van der Waals surface area (Å²) in [6, 6.07) is 14.3. The highest BCUT2D eigenvalue weighted by atomic mass is 16.4. The molecule has 0 aliphatic heterocycles. The lowest BCUT2D eigenvalue weighted by molar-refractivity contribution is -0.136. The predicted octanol–water partition coefficient (Wildman–Crippen LogP) is 3.81. The van der Waals surface area contributed by atoms with Crippen molar-refractivity contribution in [2.75, 3.05) is 25.5 Å². The number of aromatic amines is 1. The summed E-state index contributed by atoms with van der Waals surface area (Å²) in [5, 5.41) is 10.2. The van der Waals surface area contributed by atoms with Gasteiger partial charge in [-0.2, -0.15) is 0 Å². The topological polar surface area (TPSA) is 82.3 Å². The molecule has 142 valence electrons. The Hall–Kier alpha value is -2.79. The van der Waals surface area contributed by atoms with E-state index in [1.807, 2.05) is 32.3 Å². The maximum absolute atomic E-state index is 11.1. The molecule has 5 heteroatoms. The first-order valence-electron chi connectivity index (χ1n) is 9.32. The van der Waals surface area contributed by atoms with Crippen LogP contribution in [0, 0.1) is 0 Å². The molecule has 0 aliphatic rings. The summed E-state index contributed by atoms with van der Waals surface area (Å²) in [7, 11) is 4.06. The molecule has 3 aromatic rings. The predicted molar refractivity (Wildman–Crippen MR) is 111 cm³/mol. The van der Waals surface area contributed by atoms with Crippen molar-refractivity contribution >= 4 is 22.6 Å². The fourth-order valence-electron chi connectivity index (χ4n) is 3.47. The molecule has 27 heavy (non-hydrogen) atoms. The minimum Gasteiger partial charge on any atom is -0.481 e. The molecule has 0 amide bonds. The Kier molecular flexibility index (Phi) is 5.81. The highest BCUT2D eigenvalue weighted by Crippen LogP contribution is 2.33. The smallest absolute Gasteiger partial charge is 0.307 e. The maximum atomic E-state index is 11.1. The maximum Gasteiger partial charge on any atom is 0.307 e. The van der Waals surface area contributed by atoms with Crippen LogP contribution in [0.2, 0.25) is 0 Å². The van der Waals surface area contributed by atoms with E-state index in [0.29, 0.717) is 6.54 Å². The van der Waals surface area contributed by atoms with Gasteiger partial charge in [0, 0.05) is 41.9 Å². The number of fused-ring (bicyclic) bond motifs is 1. The number of aryl methyl sites for hydroxylation is 1. The minimum atomic E-state index is -0.812. The van der Waals surface area contributed by atoms with Gasteiger partial charge >= 0.3 is 5.97 Å². The standard InChI is InChI=1S/C22H27N3O2/c1-25(2)17-7-5-6-16(14-17)22-18(8-3-4-11-23)19-12-15(13-21(26)27)9-10-20(19)24-22/h5-7,9-10,12,14,24H,3-4,8,11,13,23H2,1-2H3,(H,26,27). The molecule has 0 saturated carbocycles. The summed E-state index contributed by atoms with van der Waals surface area (Å²) < 4.78 is 0. The van der Waals surface area contributed by atoms with Crippen LogP contribution in [0.3, 0.4) is 0 Å². The first kappa shape index (κ1) is 19.0. The van der Waals surface area contributed by atoms with E-state index in [9.17, 15) is 4.79 Å². The number of hydrogen-bond acceptors (Lipinski definition) is 3. The third-order valence-electron chi connectivity index (χ3n) is 4.86. The van der Waals surface area contributed by atoms with Crippen molar-refractivity contribution < 1.29 is 9.90 Å². The van der Waals surface area contributed by atoms with Crippen LogP contribution < -0.4 is 10.6 Å². The summed E-state index contributed by atoms with van der Waals surface area (Å²) in [6.07, 6.45) is 2.93. The number of carboxylic acids is 1. The molecule has 0 spiro atoms. The van der Waals surface area contributed by atoms with E-state index in [2.05, 4.69) is 34.1 Å². The number of hydrogen-bond donors (Lipinski definition) is 3. The molecule has 0 fully saturated rings. The molecule has 1 aromatic heterocycles. The van der Waals surface area contributed by atoms with Crippen LogP contribution in [0.25, 0.3) is 22.2 Å². The van der Waals surface area contributed by atoms with Gasteiger partial charge in [0.15, 0.2) is 0 Å². The average Bonchev–Trinajstić information content (AvgIpc) is 3.00. The lowest BCUT2D eigenvalue weighted by atomic mass is 9.98. The molecular formula is C22H27N3O2. The molecule has 1 heterocycles. The Morgan fingerprint density at radius 3 is 2.67 bits per heavy atom. The van der Waals surface area contributed by atoms with Crippen molar-refractivity contribution in [1.82, 2.24) is 4.98 Å². The third kappa shape index (κ3) is 4.31. The molecule has 2 aromatic carbocycles. The molecule has 0 saturated heterocycles. The van der Waals surface area contributed by atoms with Crippen LogP contribution in [-0.2, 0) is 17.6 Å². The second-order valence-corrected chi connectivity index (χ2v) is 7.12. The number of benzene rings is 2. The Labute approximate surface area is 159 Å². The Morgan fingerprint density at radius 1 is 1.15 bits per heavy atom. The van der Waals surface area contributed by atoms with Crippen molar-refractivity contribution in [3.63, 3.8) is 0 Å². The number of nitrogens with zero attached hydrogens (tertiary/aromatic N) is 1. The fourth-order valence-corrected chi connectivity index (χ4v) is 3.47. The second-order valence-electron chi connectivity index (χ2n) is 7.12. The highest BCUT2D eigenvalue weighted by molar-refractivity contribution is 5.92. The molecule has 4 N–H and O–H groups in total. The van der Waals surface area contributed by atoms with Gasteiger partial charge in [-0.3, -0.25) is 4.79 Å². The number of carboxylic acid groups (broad SMARTS) is 1. The Morgan fingerprint density at radius 2 is 1.96 bits per heavy atom. The van der Waals surface area contributed by atoms with Gasteiger partial charge in [-0.05, 0) is 61.2 Å². The van der Waals surface area contributed by atoms with Crippen LogP contribution in [0.5, 0.6) is 0 Å². The van der Waals surface area contributed by atoms with Crippen LogP contribution in [0.4, 0.5) is 5.69 Å². The fraction of sp³-hybridized carbons (Fsp3) is 0.318. The monoisotopic (exact) mass is 365 g/mol. The van der Waals surface area contributed by atoms with Gasteiger partial charge in [0.2, 0.25) is 0 Å². The summed E-state index contributed by atoms with van der Waals surface area (Å²) in [6.45, 7) is 0.679. The highest BCUT2D eigenvalue weighted by Gasteiger charge is 2.15. The first-order chi connectivity index (χ1) is 13.0. The lowest BCUT2D eigenvalue weighted by Crippen LogP contribution is -2.08. The van der Waals surface area contributed by atoms with E-state index >= 15 is 0 Å². The molecule has 3 rings (SSSR count). The second kappa shape index (κ2) is 8.27. The van der Waals surface area contributed by atoms with E-state index in [1.54, 1.807) is 0 Å². The van der Waals surface area contributed by atoms with Gasteiger partial charge in [0.05, 0.1) is 6.42 Å². The van der Waals surface area contributed by atoms with E-state index in [4.69, 9.17) is 10.8 Å². The van der Waals surface area contributed by atoms with E-state index < -0.39 is 5.97 Å². The van der Waals surface area contributed by atoms with Crippen LogP contribution in [0.1, 0.15) is 24.0 Å². The van der Waals surface area contributed by atoms with E-state index in [0.717, 1.165) is 52.7 Å². The van der Waals surface area contributed by atoms with Crippen molar-refractivity contribution in [2.24, 2.45) is 5.73 Å². The number of H-pyrrole nitrogens is 1. The molecule has 0 unspecified atom stereocenters. The Balaban J connectivity index is 2.11. The number of rotatable bonds is 8. The van der Waals surface area contributed by atoms with E-state index in [-0.39, 0.29) is 6.42 Å². The number of carbonyl (C=O) groups is 1. The van der Waals surface area contributed by atoms with Gasteiger partial charge in [-0.1, -0.05) is 18.2 Å². The summed E-state index contributed by atoms with van der Waals surface area (Å²) >= 11 is 0. The summed E-state index contributed by atoms with van der Waals surface area (Å²) in [4.78, 5) is 16.7. The molecule has 0 atom stereocenters. The molecule has 0 radical (unpaired) electrons. The van der Waals surface area contributed by atoms with E-state index in [1.165, 1.54) is 5.56 Å². The minimum absolute atomic E-state index is 0.0365. The summed E-state index contributed by atoms with van der Waals surface area (Å²) in [5.74, 6) is -0.812.